The fraction of sp³-hybridized carbons (Fsp3) is 0.212. The second kappa shape index (κ2) is 12.7. The number of para-hydroxylation sites is 1. The zero-order valence-corrected chi connectivity index (χ0v) is 22.2. The minimum absolute atomic E-state index is 0.228. The Kier molecular flexibility index (Phi) is 8.94. The van der Waals surface area contributed by atoms with Gasteiger partial charge in [0.25, 0.3) is 11.8 Å². The summed E-state index contributed by atoms with van der Waals surface area (Å²) in [5.41, 5.74) is 5.56. The molecule has 2 amide bonds. The monoisotopic (exact) mass is 506 g/mol. The first-order valence-electron chi connectivity index (χ1n) is 13.0. The van der Waals surface area contributed by atoms with Crippen LogP contribution in [-0.2, 0) is 13.0 Å². The second-order valence-electron chi connectivity index (χ2n) is 9.63. The second-order valence-corrected chi connectivity index (χ2v) is 9.63. The van der Waals surface area contributed by atoms with Gasteiger partial charge in [0, 0.05) is 17.7 Å². The maximum Gasteiger partial charge on any atom is 0.256 e. The molecule has 0 spiro atoms. The third kappa shape index (κ3) is 6.88. The van der Waals surface area contributed by atoms with Gasteiger partial charge < -0.3 is 15.4 Å². The molecule has 4 aromatic rings. The number of carbonyl (C=O) groups excluding carboxylic acids is 2. The maximum atomic E-state index is 13.4. The summed E-state index contributed by atoms with van der Waals surface area (Å²) >= 11 is 0. The van der Waals surface area contributed by atoms with Crippen molar-refractivity contribution in [1.82, 2.24) is 5.32 Å². The first-order valence-corrected chi connectivity index (χ1v) is 13.0. The predicted octanol–water partition coefficient (Wildman–Crippen LogP) is 6.92. The molecule has 4 rings (SSSR count). The molecule has 2 N–H and O–H groups in total. The average Bonchev–Trinajstić information content (AvgIpc) is 2.92. The van der Waals surface area contributed by atoms with Crippen LogP contribution >= 0.6 is 0 Å². The molecule has 0 saturated carbocycles. The molecular formula is C33H34N2O3. The van der Waals surface area contributed by atoms with Crippen LogP contribution in [0.5, 0.6) is 5.75 Å². The van der Waals surface area contributed by atoms with Crippen LogP contribution < -0.4 is 15.4 Å². The average molecular weight is 507 g/mol. The molecule has 38 heavy (non-hydrogen) atoms. The van der Waals surface area contributed by atoms with E-state index in [1.54, 1.807) is 30.3 Å². The minimum atomic E-state index is -0.290. The van der Waals surface area contributed by atoms with Crippen molar-refractivity contribution < 1.29 is 14.3 Å². The molecule has 4 aromatic carbocycles. The summed E-state index contributed by atoms with van der Waals surface area (Å²) in [5.74, 6) is 0.628. The number of benzene rings is 4. The first kappa shape index (κ1) is 26.7. The molecule has 0 aromatic heterocycles. The molecule has 0 radical (unpaired) electrons. The van der Waals surface area contributed by atoms with Crippen LogP contribution in [0.4, 0.5) is 5.69 Å². The Labute approximate surface area is 224 Å². The molecule has 0 saturated heterocycles. The Hall–Kier alpha value is -4.38. The number of rotatable bonds is 10. The van der Waals surface area contributed by atoms with Crippen molar-refractivity contribution in [3.63, 3.8) is 0 Å². The Morgan fingerprint density at radius 2 is 1.47 bits per heavy atom. The largest absolute Gasteiger partial charge is 0.489 e. The van der Waals surface area contributed by atoms with Gasteiger partial charge in [-0.2, -0.15) is 0 Å². The lowest BCUT2D eigenvalue weighted by atomic mass is 10.0. The lowest BCUT2D eigenvalue weighted by Crippen LogP contribution is -2.27. The zero-order valence-electron chi connectivity index (χ0n) is 22.2. The van der Waals surface area contributed by atoms with Gasteiger partial charge >= 0.3 is 0 Å². The molecule has 0 atom stereocenters. The van der Waals surface area contributed by atoms with Crippen LogP contribution in [0.15, 0.2) is 97.1 Å². The van der Waals surface area contributed by atoms with E-state index in [9.17, 15) is 9.59 Å². The number of hydrogen-bond donors (Lipinski definition) is 2. The summed E-state index contributed by atoms with van der Waals surface area (Å²) in [6.07, 6.45) is 0.730. The third-order valence-corrected chi connectivity index (χ3v) is 6.40. The van der Waals surface area contributed by atoms with Gasteiger partial charge in [-0.1, -0.05) is 86.6 Å². The van der Waals surface area contributed by atoms with E-state index < -0.39 is 0 Å². The SMILES string of the molecule is Cc1ccc(C(C)C)c(OCc2ccccc2C(=O)Nc2ccccc2C(=O)NCCc2ccccc2)c1. The topological polar surface area (TPSA) is 67.4 Å². The predicted molar refractivity (Wildman–Crippen MR) is 153 cm³/mol. The van der Waals surface area contributed by atoms with Crippen molar-refractivity contribution in [3.8, 4) is 5.75 Å². The Bertz CT molecular complexity index is 1400. The van der Waals surface area contributed by atoms with Crippen LogP contribution in [0.2, 0.25) is 0 Å². The number of aryl methyl sites for hydroxylation is 1. The molecule has 0 fully saturated rings. The van der Waals surface area contributed by atoms with Crippen LogP contribution in [0.3, 0.4) is 0 Å². The van der Waals surface area contributed by atoms with Crippen molar-refractivity contribution in [1.29, 1.82) is 0 Å². The molecule has 5 nitrogen and oxygen atoms in total. The van der Waals surface area contributed by atoms with Crippen LogP contribution in [0.25, 0.3) is 0 Å². The van der Waals surface area contributed by atoms with Crippen molar-refractivity contribution >= 4 is 17.5 Å². The Balaban J connectivity index is 1.45. The lowest BCUT2D eigenvalue weighted by Gasteiger charge is -2.17. The molecular weight excluding hydrogens is 472 g/mol. The quantitative estimate of drug-likeness (QED) is 0.245. The van der Waals surface area contributed by atoms with Crippen molar-refractivity contribution in [3.05, 3.63) is 130 Å². The summed E-state index contributed by atoms with van der Waals surface area (Å²) < 4.78 is 6.20. The third-order valence-electron chi connectivity index (χ3n) is 6.40. The van der Waals surface area contributed by atoms with E-state index >= 15 is 0 Å². The highest BCUT2D eigenvalue weighted by atomic mass is 16.5. The summed E-state index contributed by atoms with van der Waals surface area (Å²) in [7, 11) is 0. The van der Waals surface area contributed by atoms with E-state index in [2.05, 4.69) is 36.6 Å². The summed E-state index contributed by atoms with van der Waals surface area (Å²) in [6.45, 7) is 7.06. The Morgan fingerprint density at radius 1 is 0.789 bits per heavy atom. The highest BCUT2D eigenvalue weighted by molar-refractivity contribution is 6.09. The maximum absolute atomic E-state index is 13.4. The molecule has 0 aliphatic carbocycles. The van der Waals surface area contributed by atoms with Gasteiger partial charge in [0.1, 0.15) is 12.4 Å². The van der Waals surface area contributed by atoms with E-state index in [-0.39, 0.29) is 18.4 Å². The fourth-order valence-electron chi connectivity index (χ4n) is 4.31. The number of amides is 2. The van der Waals surface area contributed by atoms with E-state index in [1.165, 1.54) is 0 Å². The van der Waals surface area contributed by atoms with E-state index in [0.29, 0.717) is 29.3 Å². The minimum Gasteiger partial charge on any atom is -0.489 e. The molecule has 0 bridgehead atoms. The van der Waals surface area contributed by atoms with Crippen LogP contribution in [0.1, 0.15) is 62.7 Å². The van der Waals surface area contributed by atoms with Gasteiger partial charge in [0.05, 0.1) is 11.3 Å². The van der Waals surface area contributed by atoms with E-state index in [0.717, 1.165) is 34.4 Å². The van der Waals surface area contributed by atoms with Gasteiger partial charge in [-0.05, 0) is 60.2 Å². The van der Waals surface area contributed by atoms with Gasteiger partial charge in [-0.25, -0.2) is 0 Å². The fourth-order valence-corrected chi connectivity index (χ4v) is 4.31. The number of hydrogen-bond acceptors (Lipinski definition) is 3. The molecule has 194 valence electrons. The van der Waals surface area contributed by atoms with Gasteiger partial charge in [-0.15, -0.1) is 0 Å². The number of carbonyl (C=O) groups is 2. The lowest BCUT2D eigenvalue weighted by molar-refractivity contribution is 0.0955. The number of anilines is 1. The molecule has 0 heterocycles. The molecule has 5 heteroatoms. The van der Waals surface area contributed by atoms with E-state index in [1.807, 2.05) is 61.5 Å². The normalized spacial score (nSPS) is 10.7. The first-order chi connectivity index (χ1) is 18.4. The summed E-state index contributed by atoms with van der Waals surface area (Å²) in [5, 5.41) is 5.90. The number of nitrogens with one attached hydrogen (secondary N) is 2. The Morgan fingerprint density at radius 3 is 2.24 bits per heavy atom. The highest BCUT2D eigenvalue weighted by Crippen LogP contribution is 2.28. The summed E-state index contributed by atoms with van der Waals surface area (Å²) in [6, 6.07) is 30.6. The molecule has 0 aliphatic rings. The van der Waals surface area contributed by atoms with Crippen molar-refractivity contribution in [2.75, 3.05) is 11.9 Å². The molecule has 0 unspecified atom stereocenters. The standard InChI is InChI=1S/C33H34N2O3/c1-23(2)27-18-17-24(3)21-31(27)38-22-26-13-7-8-14-28(26)33(37)35-30-16-10-9-15-29(30)32(36)34-20-19-25-11-5-4-6-12-25/h4-18,21,23H,19-20,22H2,1-3H3,(H,34,36)(H,35,37). The van der Waals surface area contributed by atoms with Crippen LogP contribution in [-0.4, -0.2) is 18.4 Å². The zero-order chi connectivity index (χ0) is 26.9. The van der Waals surface area contributed by atoms with Crippen molar-refractivity contribution in [2.45, 2.75) is 39.7 Å². The number of ether oxygens (including phenoxy) is 1. The molecule has 0 aliphatic heterocycles. The van der Waals surface area contributed by atoms with E-state index in [4.69, 9.17) is 4.74 Å². The van der Waals surface area contributed by atoms with Gasteiger partial charge in [0.15, 0.2) is 0 Å². The highest BCUT2D eigenvalue weighted by Gasteiger charge is 2.17. The van der Waals surface area contributed by atoms with Crippen LogP contribution in [0, 0.1) is 6.92 Å². The van der Waals surface area contributed by atoms with Gasteiger partial charge in [-0.3, -0.25) is 9.59 Å². The van der Waals surface area contributed by atoms with Crippen molar-refractivity contribution in [2.24, 2.45) is 0 Å². The van der Waals surface area contributed by atoms with Gasteiger partial charge in [0.2, 0.25) is 0 Å². The smallest absolute Gasteiger partial charge is 0.256 e. The summed E-state index contributed by atoms with van der Waals surface area (Å²) in [4.78, 5) is 26.3.